The maximum absolute atomic E-state index is 8.96. The first-order chi connectivity index (χ1) is 7.36. The van der Waals surface area contributed by atoms with Crippen molar-refractivity contribution in [3.63, 3.8) is 0 Å². The minimum Gasteiger partial charge on any atom is -0.390 e. The highest BCUT2D eigenvalue weighted by Crippen LogP contribution is 1.93. The van der Waals surface area contributed by atoms with Gasteiger partial charge in [0, 0.05) is 5.56 Å². The molecule has 80 valence electrons. The molecule has 0 aliphatic rings. The third kappa shape index (κ3) is 4.64. The van der Waals surface area contributed by atoms with E-state index >= 15 is 0 Å². The fourth-order valence-corrected chi connectivity index (χ4v) is 1.27. The van der Waals surface area contributed by atoms with Crippen LogP contribution in [0, 0.1) is 11.8 Å². The number of aliphatic hydroxyl groups is 1. The number of rotatable bonds is 4. The number of quaternary nitrogens is 1. The van der Waals surface area contributed by atoms with Gasteiger partial charge in [-0.2, -0.15) is 0 Å². The Morgan fingerprint density at radius 1 is 1.33 bits per heavy atom. The fourth-order valence-electron chi connectivity index (χ4n) is 1.27. The molecule has 3 N–H and O–H groups in total. The van der Waals surface area contributed by atoms with Crippen LogP contribution in [0.3, 0.4) is 0 Å². The maximum atomic E-state index is 8.96. The zero-order valence-electron chi connectivity index (χ0n) is 9.11. The van der Waals surface area contributed by atoms with Crippen LogP contribution >= 0.6 is 0 Å². The largest absolute Gasteiger partial charge is 0.390 e. The van der Waals surface area contributed by atoms with Gasteiger partial charge < -0.3 is 10.4 Å². The van der Waals surface area contributed by atoms with E-state index in [0.717, 1.165) is 18.5 Å². The first-order valence-corrected chi connectivity index (χ1v) is 5.35. The standard InChI is InChI=1S/C13H17NO/c1-2-13(11-15)14-10-6-9-12-7-4-3-5-8-12/h3-5,7-8,13-15H,2,10-11H2,1H3/p+1/t13-/m0/s1. The summed E-state index contributed by atoms with van der Waals surface area (Å²) in [4.78, 5) is 0. The van der Waals surface area contributed by atoms with E-state index in [-0.39, 0.29) is 12.6 Å². The number of hydrogen-bond donors (Lipinski definition) is 2. The number of hydrogen-bond acceptors (Lipinski definition) is 1. The lowest BCUT2D eigenvalue weighted by Crippen LogP contribution is -2.90. The number of nitrogens with two attached hydrogens (primary N) is 1. The van der Waals surface area contributed by atoms with Gasteiger partial charge in [-0.25, -0.2) is 0 Å². The Morgan fingerprint density at radius 2 is 2.07 bits per heavy atom. The van der Waals surface area contributed by atoms with Crippen LogP contribution in [-0.4, -0.2) is 24.3 Å². The van der Waals surface area contributed by atoms with Crippen molar-refractivity contribution in [2.75, 3.05) is 13.2 Å². The highest BCUT2D eigenvalue weighted by Gasteiger charge is 2.04. The highest BCUT2D eigenvalue weighted by molar-refractivity contribution is 5.33. The molecule has 0 bridgehead atoms. The van der Waals surface area contributed by atoms with Crippen LogP contribution in [-0.2, 0) is 0 Å². The molecule has 0 heterocycles. The number of benzene rings is 1. The Kier molecular flexibility index (Phi) is 5.54. The molecule has 15 heavy (non-hydrogen) atoms. The molecular formula is C13H18NO+. The van der Waals surface area contributed by atoms with Crippen molar-refractivity contribution in [2.24, 2.45) is 0 Å². The molecule has 0 saturated heterocycles. The summed E-state index contributed by atoms with van der Waals surface area (Å²) in [5.41, 5.74) is 1.04. The molecule has 0 radical (unpaired) electrons. The maximum Gasteiger partial charge on any atom is 0.138 e. The van der Waals surface area contributed by atoms with Gasteiger partial charge in [0.15, 0.2) is 0 Å². The van der Waals surface area contributed by atoms with E-state index in [2.05, 4.69) is 24.1 Å². The predicted octanol–water partition coefficient (Wildman–Crippen LogP) is 0.372. The van der Waals surface area contributed by atoms with E-state index in [4.69, 9.17) is 5.11 Å². The van der Waals surface area contributed by atoms with E-state index in [1.807, 2.05) is 30.3 Å². The lowest BCUT2D eigenvalue weighted by Gasteiger charge is -2.06. The van der Waals surface area contributed by atoms with Gasteiger partial charge in [-0.05, 0) is 24.5 Å². The Morgan fingerprint density at radius 3 is 2.67 bits per heavy atom. The quantitative estimate of drug-likeness (QED) is 0.683. The second-order valence-electron chi connectivity index (χ2n) is 3.46. The van der Waals surface area contributed by atoms with E-state index in [9.17, 15) is 0 Å². The van der Waals surface area contributed by atoms with Crippen molar-refractivity contribution in [3.8, 4) is 11.8 Å². The smallest absolute Gasteiger partial charge is 0.138 e. The predicted molar refractivity (Wildman–Crippen MR) is 61.3 cm³/mol. The van der Waals surface area contributed by atoms with Crippen LogP contribution in [0.2, 0.25) is 0 Å². The van der Waals surface area contributed by atoms with E-state index in [1.54, 1.807) is 0 Å². The third-order valence-electron chi connectivity index (χ3n) is 2.32. The monoisotopic (exact) mass is 204 g/mol. The summed E-state index contributed by atoms with van der Waals surface area (Å²) >= 11 is 0. The summed E-state index contributed by atoms with van der Waals surface area (Å²) < 4.78 is 0. The van der Waals surface area contributed by atoms with Gasteiger partial charge in [0.05, 0.1) is 6.61 Å². The van der Waals surface area contributed by atoms with Crippen molar-refractivity contribution >= 4 is 0 Å². The SMILES string of the molecule is CC[C@@H](CO)[NH2+]CC#Cc1ccccc1. The molecule has 2 nitrogen and oxygen atoms in total. The lowest BCUT2D eigenvalue weighted by atomic mass is 10.2. The van der Waals surface area contributed by atoms with Crippen LogP contribution in [0.4, 0.5) is 0 Å². The molecule has 2 heteroatoms. The van der Waals surface area contributed by atoms with E-state index in [1.165, 1.54) is 0 Å². The first-order valence-electron chi connectivity index (χ1n) is 5.35. The Bertz CT molecular complexity index is 319. The first kappa shape index (κ1) is 11.8. The third-order valence-corrected chi connectivity index (χ3v) is 2.32. The molecule has 0 saturated carbocycles. The van der Waals surface area contributed by atoms with Crippen LogP contribution in [0.25, 0.3) is 0 Å². The van der Waals surface area contributed by atoms with Crippen molar-refractivity contribution in [1.29, 1.82) is 0 Å². The molecule has 0 aliphatic heterocycles. The van der Waals surface area contributed by atoms with Crippen molar-refractivity contribution < 1.29 is 10.4 Å². The second-order valence-corrected chi connectivity index (χ2v) is 3.46. The van der Waals surface area contributed by atoms with Crippen LogP contribution in [0.5, 0.6) is 0 Å². The summed E-state index contributed by atoms with van der Waals surface area (Å²) in [6, 6.07) is 10.2. The van der Waals surface area contributed by atoms with Crippen LogP contribution in [0.1, 0.15) is 18.9 Å². The van der Waals surface area contributed by atoms with E-state index < -0.39 is 0 Å². The summed E-state index contributed by atoms with van der Waals surface area (Å²) in [6.07, 6.45) is 0.976. The van der Waals surface area contributed by atoms with Gasteiger partial charge in [0.1, 0.15) is 12.6 Å². The van der Waals surface area contributed by atoms with Crippen LogP contribution in [0.15, 0.2) is 30.3 Å². The molecule has 0 amide bonds. The number of aliphatic hydroxyl groups excluding tert-OH is 1. The summed E-state index contributed by atoms with van der Waals surface area (Å²) in [5.74, 6) is 6.17. The summed E-state index contributed by atoms with van der Waals surface area (Å²) in [7, 11) is 0. The average Bonchev–Trinajstić information content (AvgIpc) is 2.31. The van der Waals surface area contributed by atoms with Gasteiger partial charge in [0.25, 0.3) is 0 Å². The Hall–Kier alpha value is -1.30. The zero-order chi connectivity index (χ0) is 10.9. The van der Waals surface area contributed by atoms with Gasteiger partial charge in [-0.15, -0.1) is 0 Å². The molecule has 1 aromatic rings. The molecule has 0 aliphatic carbocycles. The molecule has 0 spiro atoms. The van der Waals surface area contributed by atoms with Gasteiger partial charge >= 0.3 is 0 Å². The Labute approximate surface area is 91.3 Å². The molecular weight excluding hydrogens is 186 g/mol. The van der Waals surface area contributed by atoms with Crippen molar-refractivity contribution in [1.82, 2.24) is 0 Å². The fraction of sp³-hybridized carbons (Fsp3) is 0.385. The van der Waals surface area contributed by atoms with Gasteiger partial charge in [0.2, 0.25) is 0 Å². The molecule has 1 aromatic carbocycles. The average molecular weight is 204 g/mol. The normalized spacial score (nSPS) is 11.6. The molecule has 1 atom stereocenters. The Balaban J connectivity index is 2.34. The zero-order valence-corrected chi connectivity index (χ0v) is 9.11. The van der Waals surface area contributed by atoms with Gasteiger partial charge in [-0.1, -0.05) is 31.0 Å². The summed E-state index contributed by atoms with van der Waals surface area (Å²) in [6.45, 7) is 3.04. The minimum atomic E-state index is 0.226. The topological polar surface area (TPSA) is 36.8 Å². The molecule has 1 rings (SSSR count). The van der Waals surface area contributed by atoms with E-state index in [0.29, 0.717) is 0 Å². The van der Waals surface area contributed by atoms with Crippen molar-refractivity contribution in [2.45, 2.75) is 19.4 Å². The lowest BCUT2D eigenvalue weighted by molar-refractivity contribution is -0.681. The van der Waals surface area contributed by atoms with Crippen LogP contribution < -0.4 is 5.32 Å². The molecule has 0 unspecified atom stereocenters. The highest BCUT2D eigenvalue weighted by atomic mass is 16.3. The molecule has 0 aromatic heterocycles. The second kappa shape index (κ2) is 7.05. The summed E-state index contributed by atoms with van der Waals surface area (Å²) in [5, 5.41) is 11.0. The van der Waals surface area contributed by atoms with Gasteiger partial charge in [-0.3, -0.25) is 0 Å². The molecule has 0 fully saturated rings. The minimum absolute atomic E-state index is 0.226. The van der Waals surface area contributed by atoms with Crippen molar-refractivity contribution in [3.05, 3.63) is 35.9 Å².